The molecule has 0 atom stereocenters. The van der Waals surface area contributed by atoms with Gasteiger partial charge in [0.25, 0.3) is 11.4 Å². The van der Waals surface area contributed by atoms with Gasteiger partial charge in [0.1, 0.15) is 5.75 Å². The van der Waals surface area contributed by atoms with Gasteiger partial charge in [0.15, 0.2) is 0 Å². The van der Waals surface area contributed by atoms with Crippen molar-refractivity contribution in [3.8, 4) is 5.75 Å². The lowest BCUT2D eigenvalue weighted by molar-refractivity contribution is -0.394. The largest absolute Gasteiger partial charge is 0.508 e. The van der Waals surface area contributed by atoms with E-state index >= 15 is 0 Å². The third-order valence-corrected chi connectivity index (χ3v) is 3.32. The summed E-state index contributed by atoms with van der Waals surface area (Å²) in [5.41, 5.74) is 0.991. The number of non-ortho nitro benzene ring substituents is 1. The summed E-state index contributed by atoms with van der Waals surface area (Å²) < 4.78 is 0. The van der Waals surface area contributed by atoms with Crippen LogP contribution >= 0.6 is 0 Å². The fourth-order valence-electron chi connectivity index (χ4n) is 2.19. The lowest BCUT2D eigenvalue weighted by Crippen LogP contribution is -1.99. The van der Waals surface area contributed by atoms with Crippen LogP contribution in [-0.2, 0) is 12.8 Å². The predicted octanol–water partition coefficient (Wildman–Crippen LogP) is 3.38. The fourth-order valence-corrected chi connectivity index (χ4v) is 2.19. The average Bonchev–Trinajstić information content (AvgIpc) is 2.49. The van der Waals surface area contributed by atoms with Crippen molar-refractivity contribution >= 4 is 11.4 Å². The van der Waals surface area contributed by atoms with Gasteiger partial charge in [-0.15, -0.1) is 0 Å². The molecule has 7 nitrogen and oxygen atoms in total. The van der Waals surface area contributed by atoms with Gasteiger partial charge in [-0.3, -0.25) is 20.2 Å². The van der Waals surface area contributed by atoms with Gasteiger partial charge in [0.05, 0.1) is 15.9 Å². The maximum absolute atomic E-state index is 11.0. The Bertz CT molecular complexity index is 698. The molecule has 0 aliphatic rings. The zero-order chi connectivity index (χ0) is 16.1. The summed E-state index contributed by atoms with van der Waals surface area (Å²) in [6.07, 6.45) is 1.83. The minimum absolute atomic E-state index is 0.190. The number of nitro benzene ring substituents is 2. The molecule has 2 aromatic carbocycles. The van der Waals surface area contributed by atoms with Crippen molar-refractivity contribution in [2.75, 3.05) is 0 Å². The fraction of sp³-hybridized carbons (Fsp3) is 0.200. The summed E-state index contributed by atoms with van der Waals surface area (Å²) in [5.74, 6) is 0.190. The Morgan fingerprint density at radius 2 is 1.59 bits per heavy atom. The Hall–Kier alpha value is -2.96. The van der Waals surface area contributed by atoms with Crippen LogP contribution in [0.2, 0.25) is 0 Å². The van der Waals surface area contributed by atoms with Gasteiger partial charge in [-0.2, -0.15) is 0 Å². The van der Waals surface area contributed by atoms with Crippen LogP contribution in [0.3, 0.4) is 0 Å². The molecule has 0 saturated carbocycles. The summed E-state index contributed by atoms with van der Waals surface area (Å²) in [4.78, 5) is 20.5. The van der Waals surface area contributed by atoms with Gasteiger partial charge in [-0.1, -0.05) is 12.1 Å². The Morgan fingerprint density at radius 1 is 0.909 bits per heavy atom. The van der Waals surface area contributed by atoms with Crippen molar-refractivity contribution in [3.63, 3.8) is 0 Å². The number of phenols is 1. The first-order valence-electron chi connectivity index (χ1n) is 6.67. The number of nitrogens with zero attached hydrogens (tertiary/aromatic N) is 2. The molecule has 2 aromatic rings. The second-order valence-corrected chi connectivity index (χ2v) is 4.85. The zero-order valence-electron chi connectivity index (χ0n) is 11.6. The lowest BCUT2D eigenvalue weighted by Gasteiger charge is -2.04. The highest BCUT2D eigenvalue weighted by Crippen LogP contribution is 2.26. The number of benzene rings is 2. The van der Waals surface area contributed by atoms with Crippen LogP contribution in [0.25, 0.3) is 0 Å². The summed E-state index contributed by atoms with van der Waals surface area (Å²) in [6, 6.07) is 10.5. The van der Waals surface area contributed by atoms with Crippen molar-refractivity contribution < 1.29 is 15.0 Å². The van der Waals surface area contributed by atoms with E-state index in [-0.39, 0.29) is 17.1 Å². The first kappa shape index (κ1) is 15.4. The molecule has 7 heteroatoms. The molecular weight excluding hydrogens is 288 g/mol. The first-order valence-corrected chi connectivity index (χ1v) is 6.67. The van der Waals surface area contributed by atoms with E-state index in [1.54, 1.807) is 24.3 Å². The van der Waals surface area contributed by atoms with Crippen molar-refractivity contribution in [2.24, 2.45) is 0 Å². The maximum atomic E-state index is 11.0. The molecule has 0 aliphatic carbocycles. The van der Waals surface area contributed by atoms with Crippen molar-refractivity contribution in [3.05, 3.63) is 73.8 Å². The minimum atomic E-state index is -0.646. The predicted molar refractivity (Wildman–Crippen MR) is 79.9 cm³/mol. The summed E-state index contributed by atoms with van der Waals surface area (Å²) in [5, 5.41) is 30.9. The van der Waals surface area contributed by atoms with Crippen LogP contribution in [0.4, 0.5) is 11.4 Å². The van der Waals surface area contributed by atoms with Crippen LogP contribution in [-0.4, -0.2) is 15.0 Å². The van der Waals surface area contributed by atoms with Gasteiger partial charge < -0.3 is 5.11 Å². The van der Waals surface area contributed by atoms with E-state index in [9.17, 15) is 25.3 Å². The van der Waals surface area contributed by atoms with E-state index in [4.69, 9.17) is 0 Å². The number of phenolic OH excluding ortho intramolecular Hbond substituents is 1. The second-order valence-electron chi connectivity index (χ2n) is 4.85. The monoisotopic (exact) mass is 302 g/mol. The van der Waals surface area contributed by atoms with Crippen LogP contribution in [0.1, 0.15) is 17.5 Å². The van der Waals surface area contributed by atoms with E-state index < -0.39 is 9.85 Å². The number of nitro groups is 2. The standard InChI is InChI=1S/C15H14N2O5/c18-14-8-4-11(5-9-14)2-1-3-12-6-7-13(16(19)20)10-15(12)17(21)22/h4-10,18H,1-3H2. The lowest BCUT2D eigenvalue weighted by atomic mass is 10.0. The molecular formula is C15H14N2O5. The third kappa shape index (κ3) is 3.78. The molecule has 0 fully saturated rings. The molecule has 2 rings (SSSR count). The molecule has 0 heterocycles. The molecule has 0 amide bonds. The van der Waals surface area contributed by atoms with Crippen LogP contribution < -0.4 is 0 Å². The average molecular weight is 302 g/mol. The van der Waals surface area contributed by atoms with Crippen LogP contribution in [0, 0.1) is 20.2 Å². The SMILES string of the molecule is O=[N+]([O-])c1ccc(CCCc2ccc(O)cc2)c([N+](=O)[O-])c1. The first-order chi connectivity index (χ1) is 10.5. The van der Waals surface area contributed by atoms with E-state index in [0.717, 1.165) is 11.6 Å². The topological polar surface area (TPSA) is 107 Å². The number of aryl methyl sites for hydroxylation is 2. The van der Waals surface area contributed by atoms with Gasteiger partial charge in [0, 0.05) is 11.6 Å². The Balaban J connectivity index is 2.07. The van der Waals surface area contributed by atoms with Crippen molar-refractivity contribution in [1.29, 1.82) is 0 Å². The molecule has 0 aliphatic heterocycles. The van der Waals surface area contributed by atoms with Gasteiger partial charge >= 0.3 is 0 Å². The van der Waals surface area contributed by atoms with Crippen LogP contribution in [0.15, 0.2) is 42.5 Å². The van der Waals surface area contributed by atoms with Crippen LogP contribution in [0.5, 0.6) is 5.75 Å². The van der Waals surface area contributed by atoms with Gasteiger partial charge in [-0.05, 0) is 43.0 Å². The molecule has 22 heavy (non-hydrogen) atoms. The normalized spacial score (nSPS) is 10.4. The quantitative estimate of drug-likeness (QED) is 0.650. The number of rotatable bonds is 6. The smallest absolute Gasteiger partial charge is 0.279 e. The minimum Gasteiger partial charge on any atom is -0.508 e. The van der Waals surface area contributed by atoms with Crippen molar-refractivity contribution in [2.45, 2.75) is 19.3 Å². The van der Waals surface area contributed by atoms with Gasteiger partial charge in [-0.25, -0.2) is 0 Å². The third-order valence-electron chi connectivity index (χ3n) is 3.32. The van der Waals surface area contributed by atoms with Gasteiger partial charge in [0.2, 0.25) is 0 Å². The molecule has 0 radical (unpaired) electrons. The highest BCUT2D eigenvalue weighted by molar-refractivity contribution is 5.49. The zero-order valence-corrected chi connectivity index (χ0v) is 11.6. The molecule has 0 bridgehead atoms. The van der Waals surface area contributed by atoms with E-state index in [1.807, 2.05) is 0 Å². The molecule has 1 N–H and O–H groups in total. The summed E-state index contributed by atoms with van der Waals surface area (Å²) in [6.45, 7) is 0. The van der Waals surface area contributed by atoms with E-state index in [0.29, 0.717) is 24.8 Å². The molecule has 0 spiro atoms. The molecule has 0 saturated heterocycles. The van der Waals surface area contributed by atoms with E-state index in [1.165, 1.54) is 12.1 Å². The highest BCUT2D eigenvalue weighted by Gasteiger charge is 2.18. The van der Waals surface area contributed by atoms with Crippen molar-refractivity contribution in [1.82, 2.24) is 0 Å². The van der Waals surface area contributed by atoms with E-state index in [2.05, 4.69) is 0 Å². The Labute approximate surface area is 126 Å². The second kappa shape index (κ2) is 6.66. The Morgan fingerprint density at radius 3 is 2.18 bits per heavy atom. The summed E-state index contributed by atoms with van der Waals surface area (Å²) in [7, 11) is 0. The number of aromatic hydroxyl groups is 1. The number of hydrogen-bond acceptors (Lipinski definition) is 5. The molecule has 114 valence electrons. The number of hydrogen-bond donors (Lipinski definition) is 1. The maximum Gasteiger partial charge on any atom is 0.279 e. The molecule has 0 unspecified atom stereocenters. The Kier molecular flexibility index (Phi) is 4.67. The highest BCUT2D eigenvalue weighted by atomic mass is 16.6. The summed E-state index contributed by atoms with van der Waals surface area (Å²) >= 11 is 0. The molecule has 0 aromatic heterocycles.